The summed E-state index contributed by atoms with van der Waals surface area (Å²) in [5.74, 6) is -1.54. The smallest absolute Gasteiger partial charge is 0.345 e. The third-order valence-electron chi connectivity index (χ3n) is 5.18. The number of nitrogens with zero attached hydrogens (tertiary/aromatic N) is 2. The lowest BCUT2D eigenvalue weighted by Gasteiger charge is -2.12. The summed E-state index contributed by atoms with van der Waals surface area (Å²) in [6.07, 6.45) is 1.34. The number of halogens is 4. The van der Waals surface area contributed by atoms with E-state index < -0.39 is 16.9 Å². The van der Waals surface area contributed by atoms with Gasteiger partial charge in [-0.15, -0.1) is 0 Å². The van der Waals surface area contributed by atoms with Crippen LogP contribution >= 0.6 is 46.4 Å². The minimum atomic E-state index is -0.802. The first kappa shape index (κ1) is 28.8. The second kappa shape index (κ2) is 12.8. The molecule has 40 heavy (non-hydrogen) atoms. The van der Waals surface area contributed by atoms with Crippen molar-refractivity contribution >= 4 is 75.9 Å². The normalized spacial score (nSPS) is 10.8. The van der Waals surface area contributed by atoms with Crippen LogP contribution in [0.5, 0.6) is 11.5 Å². The lowest BCUT2D eigenvalue weighted by molar-refractivity contribution is -0.384. The number of nitrogens with one attached hydrogen (secondary N) is 1. The van der Waals surface area contributed by atoms with Crippen molar-refractivity contribution in [1.82, 2.24) is 0 Å². The third kappa shape index (κ3) is 7.28. The number of anilines is 1. The fourth-order valence-electron chi connectivity index (χ4n) is 3.23. The summed E-state index contributed by atoms with van der Waals surface area (Å²) >= 11 is 24.1. The highest BCUT2D eigenvalue weighted by Crippen LogP contribution is 2.29. The summed E-state index contributed by atoms with van der Waals surface area (Å²) in [6, 6.07) is 18.5. The SMILES string of the molecule is O=C(Oc1ccc(/C=N\Nc2ccc([N+](=O)[O-])cc2)c(OC(=O)c2ccc(Cl)cc2Cl)c1)c1ccc(Cl)cc1Cl. The molecule has 0 unspecified atom stereocenters. The maximum atomic E-state index is 12.9. The van der Waals surface area contributed by atoms with E-state index in [1.165, 1.54) is 85.1 Å². The van der Waals surface area contributed by atoms with Crippen LogP contribution in [-0.2, 0) is 0 Å². The molecule has 0 aliphatic heterocycles. The lowest BCUT2D eigenvalue weighted by atomic mass is 10.2. The highest BCUT2D eigenvalue weighted by Gasteiger charge is 2.18. The molecule has 0 saturated heterocycles. The topological polar surface area (TPSA) is 120 Å². The predicted molar refractivity (Wildman–Crippen MR) is 154 cm³/mol. The number of nitro benzene ring substituents is 1. The molecule has 0 spiro atoms. The van der Waals surface area contributed by atoms with Gasteiger partial charge in [0.05, 0.1) is 38.0 Å². The third-order valence-corrected chi connectivity index (χ3v) is 6.27. The first-order valence-corrected chi connectivity index (χ1v) is 12.6. The molecule has 0 fully saturated rings. The van der Waals surface area contributed by atoms with Crippen LogP contribution in [-0.4, -0.2) is 23.1 Å². The molecule has 0 atom stereocenters. The number of non-ortho nitro benzene ring substituents is 1. The average molecular weight is 619 g/mol. The van der Waals surface area contributed by atoms with E-state index >= 15 is 0 Å². The van der Waals surface area contributed by atoms with Gasteiger partial charge in [-0.3, -0.25) is 15.5 Å². The molecule has 0 aliphatic carbocycles. The number of rotatable bonds is 8. The molecule has 13 heteroatoms. The summed E-state index contributed by atoms with van der Waals surface area (Å²) in [5, 5.41) is 15.8. The van der Waals surface area contributed by atoms with E-state index in [2.05, 4.69) is 10.5 Å². The number of benzene rings is 4. The zero-order chi connectivity index (χ0) is 28.8. The molecule has 0 radical (unpaired) electrons. The summed E-state index contributed by atoms with van der Waals surface area (Å²) in [5.41, 5.74) is 3.57. The predicted octanol–water partition coefficient (Wildman–Crippen LogP) is 8.09. The van der Waals surface area contributed by atoms with E-state index in [0.717, 1.165) is 0 Å². The zero-order valence-electron chi connectivity index (χ0n) is 19.9. The quantitative estimate of drug-likeness (QED) is 0.0696. The standard InChI is InChI=1S/C27H15Cl4N3O6/c28-16-2-9-21(23(30)11-16)26(35)39-20-8-1-15(14-32-33-18-4-6-19(7-5-18)34(37)38)25(13-20)40-27(36)22-10-3-17(29)12-24(22)31/h1-14,33H/b32-14-. The number of nitro groups is 1. The molecule has 1 N–H and O–H groups in total. The number of carbonyl (C=O) groups is 2. The van der Waals surface area contributed by atoms with Crippen LogP contribution in [0, 0.1) is 10.1 Å². The Morgan fingerprint density at radius 2 is 1.35 bits per heavy atom. The Kier molecular flexibility index (Phi) is 9.23. The van der Waals surface area contributed by atoms with E-state index in [9.17, 15) is 19.7 Å². The second-order valence-electron chi connectivity index (χ2n) is 7.90. The maximum Gasteiger partial charge on any atom is 0.345 e. The molecule has 0 aliphatic rings. The van der Waals surface area contributed by atoms with Gasteiger partial charge in [0.1, 0.15) is 11.5 Å². The summed E-state index contributed by atoms with van der Waals surface area (Å²) in [7, 11) is 0. The summed E-state index contributed by atoms with van der Waals surface area (Å²) in [6.45, 7) is 0. The first-order chi connectivity index (χ1) is 19.1. The molecule has 0 saturated carbocycles. The molecule has 4 aromatic carbocycles. The van der Waals surface area contributed by atoms with E-state index in [1.807, 2.05) is 0 Å². The van der Waals surface area contributed by atoms with Crippen LogP contribution in [0.15, 0.2) is 84.0 Å². The van der Waals surface area contributed by atoms with Crippen molar-refractivity contribution in [3.63, 3.8) is 0 Å². The van der Waals surface area contributed by atoms with Gasteiger partial charge in [-0.1, -0.05) is 46.4 Å². The Labute approximate surface area is 247 Å². The van der Waals surface area contributed by atoms with Crippen LogP contribution in [0.25, 0.3) is 0 Å². The molecule has 202 valence electrons. The van der Waals surface area contributed by atoms with Crippen molar-refractivity contribution in [2.75, 3.05) is 5.43 Å². The van der Waals surface area contributed by atoms with Crippen LogP contribution in [0.3, 0.4) is 0 Å². The number of ether oxygens (including phenoxy) is 2. The second-order valence-corrected chi connectivity index (χ2v) is 9.59. The Hall–Kier alpha value is -4.15. The van der Waals surface area contributed by atoms with E-state index in [0.29, 0.717) is 21.3 Å². The first-order valence-electron chi connectivity index (χ1n) is 11.1. The average Bonchev–Trinajstić information content (AvgIpc) is 2.90. The Morgan fingerprint density at radius 1 is 0.775 bits per heavy atom. The van der Waals surface area contributed by atoms with Crippen molar-refractivity contribution in [1.29, 1.82) is 0 Å². The molecule has 9 nitrogen and oxygen atoms in total. The van der Waals surface area contributed by atoms with Gasteiger partial charge in [-0.2, -0.15) is 5.10 Å². The van der Waals surface area contributed by atoms with E-state index in [-0.39, 0.29) is 38.4 Å². The van der Waals surface area contributed by atoms with Crippen LogP contribution in [0.2, 0.25) is 20.1 Å². The molecule has 0 bridgehead atoms. The molecule has 0 amide bonds. The number of hydrogen-bond acceptors (Lipinski definition) is 8. The van der Waals surface area contributed by atoms with Gasteiger partial charge in [0.2, 0.25) is 0 Å². The zero-order valence-corrected chi connectivity index (χ0v) is 23.0. The van der Waals surface area contributed by atoms with Gasteiger partial charge in [0, 0.05) is 33.8 Å². The van der Waals surface area contributed by atoms with Crippen molar-refractivity contribution in [2.24, 2.45) is 5.10 Å². The van der Waals surface area contributed by atoms with Gasteiger partial charge in [0.25, 0.3) is 5.69 Å². The van der Waals surface area contributed by atoms with Gasteiger partial charge in [-0.25, -0.2) is 9.59 Å². The molecule has 0 aromatic heterocycles. The van der Waals surface area contributed by atoms with Crippen molar-refractivity contribution in [3.8, 4) is 11.5 Å². The monoisotopic (exact) mass is 617 g/mol. The van der Waals surface area contributed by atoms with Crippen molar-refractivity contribution < 1.29 is 24.0 Å². The summed E-state index contributed by atoms with van der Waals surface area (Å²) in [4.78, 5) is 35.9. The fraction of sp³-hybridized carbons (Fsp3) is 0. The minimum Gasteiger partial charge on any atom is -0.423 e. The van der Waals surface area contributed by atoms with E-state index in [4.69, 9.17) is 55.9 Å². The molecular weight excluding hydrogens is 604 g/mol. The fourth-order valence-corrected chi connectivity index (χ4v) is 4.21. The number of carbonyl (C=O) groups excluding carboxylic acids is 2. The van der Waals surface area contributed by atoms with E-state index in [1.54, 1.807) is 0 Å². The highest BCUT2D eigenvalue weighted by atomic mass is 35.5. The van der Waals surface area contributed by atoms with Gasteiger partial charge >= 0.3 is 11.9 Å². The Bertz CT molecular complexity index is 1640. The van der Waals surface area contributed by atoms with Gasteiger partial charge in [-0.05, 0) is 60.7 Å². The maximum absolute atomic E-state index is 12.9. The largest absolute Gasteiger partial charge is 0.423 e. The number of hydrazone groups is 1. The lowest BCUT2D eigenvalue weighted by Crippen LogP contribution is -2.12. The Morgan fingerprint density at radius 3 is 1.90 bits per heavy atom. The van der Waals surface area contributed by atoms with Crippen molar-refractivity contribution in [2.45, 2.75) is 0 Å². The number of esters is 2. The molecule has 4 aromatic rings. The summed E-state index contributed by atoms with van der Waals surface area (Å²) < 4.78 is 11.0. The molecule has 4 rings (SSSR count). The minimum absolute atomic E-state index is 0.0160. The molecular formula is C27H15Cl4N3O6. The molecule has 0 heterocycles. The van der Waals surface area contributed by atoms with Crippen LogP contribution in [0.1, 0.15) is 26.3 Å². The van der Waals surface area contributed by atoms with Gasteiger partial charge < -0.3 is 9.47 Å². The van der Waals surface area contributed by atoms with Crippen molar-refractivity contribution in [3.05, 3.63) is 126 Å². The highest BCUT2D eigenvalue weighted by molar-refractivity contribution is 6.37. The van der Waals surface area contributed by atoms with Gasteiger partial charge in [0.15, 0.2) is 0 Å². The number of hydrogen-bond donors (Lipinski definition) is 1. The van der Waals surface area contributed by atoms with Crippen LogP contribution in [0.4, 0.5) is 11.4 Å². The van der Waals surface area contributed by atoms with Crippen LogP contribution < -0.4 is 14.9 Å². The Balaban J connectivity index is 1.60.